The summed E-state index contributed by atoms with van der Waals surface area (Å²) in [6.45, 7) is 0. The maximum absolute atomic E-state index is 13.1. The maximum atomic E-state index is 13.1. The van der Waals surface area contributed by atoms with E-state index in [0.29, 0.717) is 5.92 Å². The minimum atomic E-state index is -0.231. The number of benzene rings is 1. The third-order valence-electron chi connectivity index (χ3n) is 3.72. The summed E-state index contributed by atoms with van der Waals surface area (Å²) >= 11 is 0. The molecule has 2 N–H and O–H groups in total. The number of fused-ring (bicyclic) bond motifs is 1. The molecule has 1 aliphatic carbocycles. The van der Waals surface area contributed by atoms with Gasteiger partial charge in [-0.25, -0.2) is 9.37 Å². The summed E-state index contributed by atoms with van der Waals surface area (Å²) in [6, 6.07) is 5.05. The van der Waals surface area contributed by atoms with E-state index in [9.17, 15) is 4.39 Å². The Labute approximate surface area is 99.4 Å². The van der Waals surface area contributed by atoms with Gasteiger partial charge in [0.2, 0.25) is 0 Å². The maximum Gasteiger partial charge on any atom is 0.125 e. The molecule has 1 aromatic heterocycles. The van der Waals surface area contributed by atoms with Gasteiger partial charge in [0.05, 0.1) is 11.0 Å². The van der Waals surface area contributed by atoms with Crippen molar-refractivity contribution in [2.24, 2.45) is 12.8 Å². The van der Waals surface area contributed by atoms with E-state index in [2.05, 4.69) is 9.55 Å². The van der Waals surface area contributed by atoms with Crippen molar-refractivity contribution in [3.8, 4) is 0 Å². The summed E-state index contributed by atoms with van der Waals surface area (Å²) in [5.41, 5.74) is 7.66. The zero-order valence-electron chi connectivity index (χ0n) is 9.86. The molecular formula is C13H16FN3. The number of nitrogens with zero attached hydrogens (tertiary/aromatic N) is 2. The first kappa shape index (κ1) is 10.7. The van der Waals surface area contributed by atoms with Crippen LogP contribution >= 0.6 is 0 Å². The topological polar surface area (TPSA) is 43.8 Å². The van der Waals surface area contributed by atoms with Crippen LogP contribution in [0, 0.1) is 5.82 Å². The van der Waals surface area contributed by atoms with Gasteiger partial charge in [0.1, 0.15) is 11.6 Å². The van der Waals surface area contributed by atoms with E-state index >= 15 is 0 Å². The number of aromatic nitrogens is 2. The van der Waals surface area contributed by atoms with Crippen LogP contribution in [0.15, 0.2) is 18.2 Å². The van der Waals surface area contributed by atoms with Crippen molar-refractivity contribution >= 4 is 11.0 Å². The Bertz CT molecular complexity index is 561. The normalized spacial score (nSPS) is 24.6. The van der Waals surface area contributed by atoms with Gasteiger partial charge in [0.25, 0.3) is 0 Å². The molecule has 2 aromatic rings. The van der Waals surface area contributed by atoms with Crippen molar-refractivity contribution in [2.75, 3.05) is 0 Å². The highest BCUT2D eigenvalue weighted by atomic mass is 19.1. The Kier molecular flexibility index (Phi) is 2.40. The van der Waals surface area contributed by atoms with E-state index in [4.69, 9.17) is 5.73 Å². The van der Waals surface area contributed by atoms with Crippen LogP contribution in [-0.2, 0) is 7.05 Å². The van der Waals surface area contributed by atoms with E-state index < -0.39 is 0 Å². The van der Waals surface area contributed by atoms with Crippen LogP contribution in [0.2, 0.25) is 0 Å². The van der Waals surface area contributed by atoms with Gasteiger partial charge in [0, 0.05) is 25.1 Å². The van der Waals surface area contributed by atoms with Crippen molar-refractivity contribution in [3.63, 3.8) is 0 Å². The summed E-state index contributed by atoms with van der Waals surface area (Å²) in [5.74, 6) is 1.23. The molecule has 1 fully saturated rings. The SMILES string of the molecule is Cn1c([C@@H]2CC[C@H](N)C2)nc2cc(F)ccc21. The van der Waals surface area contributed by atoms with Gasteiger partial charge in [-0.3, -0.25) is 0 Å². The third-order valence-corrected chi connectivity index (χ3v) is 3.72. The van der Waals surface area contributed by atoms with Crippen molar-refractivity contribution in [2.45, 2.75) is 31.2 Å². The van der Waals surface area contributed by atoms with Crippen molar-refractivity contribution in [1.29, 1.82) is 0 Å². The number of rotatable bonds is 1. The quantitative estimate of drug-likeness (QED) is 0.821. The zero-order valence-corrected chi connectivity index (χ0v) is 9.86. The molecule has 2 atom stereocenters. The molecule has 1 saturated carbocycles. The van der Waals surface area contributed by atoms with Crippen LogP contribution in [0.3, 0.4) is 0 Å². The zero-order chi connectivity index (χ0) is 12.0. The van der Waals surface area contributed by atoms with Gasteiger partial charge in [-0.2, -0.15) is 0 Å². The lowest BCUT2D eigenvalue weighted by Gasteiger charge is -2.09. The van der Waals surface area contributed by atoms with Gasteiger partial charge in [-0.15, -0.1) is 0 Å². The average molecular weight is 233 g/mol. The molecule has 0 unspecified atom stereocenters. The standard InChI is InChI=1S/C13H16FN3/c1-17-12-5-3-9(14)7-11(12)16-13(17)8-2-4-10(15)6-8/h3,5,7-8,10H,2,4,6,15H2,1H3/t8-,10+/m1/s1. The van der Waals surface area contributed by atoms with E-state index in [1.807, 2.05) is 7.05 Å². The molecule has 0 radical (unpaired) electrons. The monoisotopic (exact) mass is 233 g/mol. The van der Waals surface area contributed by atoms with Gasteiger partial charge >= 0.3 is 0 Å². The number of hydrogen-bond acceptors (Lipinski definition) is 2. The van der Waals surface area contributed by atoms with E-state index in [0.717, 1.165) is 36.1 Å². The molecule has 1 heterocycles. The Morgan fingerprint density at radius 3 is 2.94 bits per heavy atom. The Morgan fingerprint density at radius 1 is 1.41 bits per heavy atom. The molecule has 90 valence electrons. The largest absolute Gasteiger partial charge is 0.331 e. The fourth-order valence-electron chi connectivity index (χ4n) is 2.81. The first-order chi connectivity index (χ1) is 8.15. The van der Waals surface area contributed by atoms with E-state index in [1.165, 1.54) is 12.1 Å². The Morgan fingerprint density at radius 2 is 2.24 bits per heavy atom. The van der Waals surface area contributed by atoms with Gasteiger partial charge in [-0.05, 0) is 31.4 Å². The average Bonchev–Trinajstić information content (AvgIpc) is 2.83. The van der Waals surface area contributed by atoms with Crippen LogP contribution < -0.4 is 5.73 Å². The minimum absolute atomic E-state index is 0.231. The first-order valence-electron chi connectivity index (χ1n) is 6.02. The lowest BCUT2D eigenvalue weighted by Crippen LogP contribution is -2.15. The molecule has 3 rings (SSSR count). The molecule has 0 spiro atoms. The van der Waals surface area contributed by atoms with Gasteiger partial charge in [0.15, 0.2) is 0 Å². The molecule has 0 saturated heterocycles. The molecular weight excluding hydrogens is 217 g/mol. The summed E-state index contributed by atoms with van der Waals surface area (Å²) in [5, 5.41) is 0. The molecule has 4 heteroatoms. The van der Waals surface area contributed by atoms with E-state index in [-0.39, 0.29) is 11.9 Å². The molecule has 0 amide bonds. The number of aryl methyl sites for hydroxylation is 1. The molecule has 0 aliphatic heterocycles. The van der Waals surface area contributed by atoms with Crippen molar-refractivity contribution < 1.29 is 4.39 Å². The highest BCUT2D eigenvalue weighted by Crippen LogP contribution is 2.34. The lowest BCUT2D eigenvalue weighted by atomic mass is 10.1. The van der Waals surface area contributed by atoms with Crippen LogP contribution in [0.1, 0.15) is 31.0 Å². The second kappa shape index (κ2) is 3.81. The Balaban J connectivity index is 2.08. The minimum Gasteiger partial charge on any atom is -0.331 e. The predicted octanol–water partition coefficient (Wildman–Crippen LogP) is 2.31. The highest BCUT2D eigenvalue weighted by molar-refractivity contribution is 5.76. The molecule has 17 heavy (non-hydrogen) atoms. The molecule has 3 nitrogen and oxygen atoms in total. The summed E-state index contributed by atoms with van der Waals surface area (Å²) in [7, 11) is 1.99. The van der Waals surface area contributed by atoms with Crippen LogP contribution in [-0.4, -0.2) is 15.6 Å². The second-order valence-corrected chi connectivity index (χ2v) is 4.93. The van der Waals surface area contributed by atoms with Crippen molar-refractivity contribution in [3.05, 3.63) is 29.8 Å². The summed E-state index contributed by atoms with van der Waals surface area (Å²) in [4.78, 5) is 4.56. The van der Waals surface area contributed by atoms with Gasteiger partial charge in [-0.1, -0.05) is 0 Å². The van der Waals surface area contributed by atoms with Crippen LogP contribution in [0.5, 0.6) is 0 Å². The number of nitrogens with two attached hydrogens (primary N) is 1. The number of hydrogen-bond donors (Lipinski definition) is 1. The van der Waals surface area contributed by atoms with Gasteiger partial charge < -0.3 is 10.3 Å². The molecule has 1 aromatic carbocycles. The van der Waals surface area contributed by atoms with E-state index in [1.54, 1.807) is 6.07 Å². The fourth-order valence-corrected chi connectivity index (χ4v) is 2.81. The predicted molar refractivity (Wildman–Crippen MR) is 65.2 cm³/mol. The van der Waals surface area contributed by atoms with Crippen molar-refractivity contribution in [1.82, 2.24) is 9.55 Å². The van der Waals surface area contributed by atoms with Crippen LogP contribution in [0.4, 0.5) is 4.39 Å². The number of imidazole rings is 1. The Hall–Kier alpha value is -1.42. The van der Waals surface area contributed by atoms with Crippen LogP contribution in [0.25, 0.3) is 11.0 Å². The fraction of sp³-hybridized carbons (Fsp3) is 0.462. The summed E-state index contributed by atoms with van der Waals surface area (Å²) in [6.07, 6.45) is 3.13. The lowest BCUT2D eigenvalue weighted by molar-refractivity contribution is 0.621. The first-order valence-corrected chi connectivity index (χ1v) is 6.02. The highest BCUT2D eigenvalue weighted by Gasteiger charge is 2.27. The second-order valence-electron chi connectivity index (χ2n) is 4.93. The molecule has 0 bridgehead atoms. The number of halogens is 1. The third kappa shape index (κ3) is 1.72. The molecule has 1 aliphatic rings. The summed E-state index contributed by atoms with van der Waals surface area (Å²) < 4.78 is 15.2. The smallest absolute Gasteiger partial charge is 0.125 e.